The van der Waals surface area contributed by atoms with E-state index in [0.29, 0.717) is 30.0 Å². The third-order valence-electron chi connectivity index (χ3n) is 6.21. The van der Waals surface area contributed by atoms with Crippen LogP contribution in [0.5, 0.6) is 0 Å². The lowest BCUT2D eigenvalue weighted by Crippen LogP contribution is -2.62. The standard InChI is InChI=1S/C26H20N4O2/c1-18-5-9-22(10-6-18)29-24(21-4-2-3-20(13-21)15-28)26(16-32-17-26)30(25(29)31)23-11-7-19(14-27)8-12-23/h2-13,24H,16-17H2,1H3/t24-/m0/s1. The van der Waals surface area contributed by atoms with Gasteiger partial charge < -0.3 is 4.74 Å². The molecule has 1 atom stereocenters. The van der Waals surface area contributed by atoms with Crippen molar-refractivity contribution >= 4 is 17.4 Å². The van der Waals surface area contributed by atoms with Crippen LogP contribution in [0.3, 0.4) is 0 Å². The number of nitrogens with zero attached hydrogens (tertiary/aromatic N) is 4. The molecule has 2 fully saturated rings. The number of aryl methyl sites for hydroxylation is 1. The highest BCUT2D eigenvalue weighted by Crippen LogP contribution is 2.51. The third kappa shape index (κ3) is 2.93. The number of amides is 2. The van der Waals surface area contributed by atoms with Gasteiger partial charge in [-0.25, -0.2) is 4.79 Å². The molecule has 3 aromatic carbocycles. The highest BCUT2D eigenvalue weighted by Gasteiger charge is 2.63. The first-order valence-corrected chi connectivity index (χ1v) is 10.4. The summed E-state index contributed by atoms with van der Waals surface area (Å²) in [6, 6.07) is 26.2. The molecule has 0 N–H and O–H groups in total. The molecule has 0 unspecified atom stereocenters. The van der Waals surface area contributed by atoms with Gasteiger partial charge in [-0.3, -0.25) is 9.80 Å². The molecule has 32 heavy (non-hydrogen) atoms. The van der Waals surface area contributed by atoms with Crippen LogP contribution in [0.2, 0.25) is 0 Å². The first-order chi connectivity index (χ1) is 15.6. The molecule has 0 aromatic heterocycles. The zero-order chi connectivity index (χ0) is 22.3. The number of urea groups is 1. The van der Waals surface area contributed by atoms with Crippen LogP contribution in [0, 0.1) is 29.6 Å². The molecule has 5 rings (SSSR count). The summed E-state index contributed by atoms with van der Waals surface area (Å²) < 4.78 is 5.68. The summed E-state index contributed by atoms with van der Waals surface area (Å²) in [5.74, 6) is 0. The number of ether oxygens (including phenoxy) is 1. The number of rotatable bonds is 3. The van der Waals surface area contributed by atoms with Crippen LogP contribution in [0.15, 0.2) is 72.8 Å². The summed E-state index contributed by atoms with van der Waals surface area (Å²) >= 11 is 0. The van der Waals surface area contributed by atoms with Gasteiger partial charge in [0.25, 0.3) is 0 Å². The molecule has 3 aromatic rings. The van der Waals surface area contributed by atoms with E-state index < -0.39 is 5.54 Å². The van der Waals surface area contributed by atoms with E-state index in [1.807, 2.05) is 49.4 Å². The zero-order valence-electron chi connectivity index (χ0n) is 17.5. The van der Waals surface area contributed by atoms with Crippen LogP contribution >= 0.6 is 0 Å². The summed E-state index contributed by atoms with van der Waals surface area (Å²) in [5, 5.41) is 18.6. The molecular formula is C26H20N4O2. The van der Waals surface area contributed by atoms with Crippen molar-refractivity contribution in [2.45, 2.75) is 18.5 Å². The van der Waals surface area contributed by atoms with Crippen molar-refractivity contribution in [2.24, 2.45) is 0 Å². The predicted molar refractivity (Wildman–Crippen MR) is 120 cm³/mol. The monoisotopic (exact) mass is 420 g/mol. The lowest BCUT2D eigenvalue weighted by molar-refractivity contribution is -0.0580. The van der Waals surface area contributed by atoms with Crippen molar-refractivity contribution in [3.05, 3.63) is 95.1 Å². The Hall–Kier alpha value is -4.13. The van der Waals surface area contributed by atoms with Crippen molar-refractivity contribution in [1.82, 2.24) is 0 Å². The minimum absolute atomic E-state index is 0.158. The van der Waals surface area contributed by atoms with Gasteiger partial charge in [-0.15, -0.1) is 0 Å². The summed E-state index contributed by atoms with van der Waals surface area (Å²) in [6.07, 6.45) is 0. The smallest absolute Gasteiger partial charge is 0.330 e. The Morgan fingerprint density at radius 2 is 1.56 bits per heavy atom. The first kappa shape index (κ1) is 19.8. The maximum absolute atomic E-state index is 14.0. The zero-order valence-corrected chi connectivity index (χ0v) is 17.5. The van der Waals surface area contributed by atoms with Crippen LogP contribution in [0.25, 0.3) is 0 Å². The molecule has 1 spiro atoms. The Bertz CT molecular complexity index is 1260. The molecule has 6 nitrogen and oxygen atoms in total. The van der Waals surface area contributed by atoms with Crippen molar-refractivity contribution in [3.63, 3.8) is 0 Å². The fourth-order valence-corrected chi connectivity index (χ4v) is 4.62. The van der Waals surface area contributed by atoms with Gasteiger partial charge >= 0.3 is 6.03 Å². The minimum Gasteiger partial charge on any atom is -0.376 e. The van der Waals surface area contributed by atoms with Crippen LogP contribution in [-0.2, 0) is 4.74 Å². The minimum atomic E-state index is -0.621. The molecular weight excluding hydrogens is 400 g/mol. The van der Waals surface area contributed by atoms with Crippen molar-refractivity contribution in [3.8, 4) is 12.1 Å². The van der Waals surface area contributed by atoms with E-state index in [0.717, 1.165) is 16.8 Å². The first-order valence-electron chi connectivity index (χ1n) is 10.4. The van der Waals surface area contributed by atoms with Crippen LogP contribution in [0.4, 0.5) is 16.2 Å². The summed E-state index contributed by atoms with van der Waals surface area (Å²) in [7, 11) is 0. The van der Waals surface area contributed by atoms with Gasteiger partial charge in [-0.1, -0.05) is 29.8 Å². The number of hydrogen-bond acceptors (Lipinski definition) is 4. The second kappa shape index (κ2) is 7.53. The molecule has 2 aliphatic heterocycles. The van der Waals surface area contributed by atoms with E-state index in [1.165, 1.54) is 0 Å². The second-order valence-corrected chi connectivity index (χ2v) is 8.22. The third-order valence-corrected chi connectivity index (χ3v) is 6.21. The van der Waals surface area contributed by atoms with E-state index in [9.17, 15) is 15.3 Å². The second-order valence-electron chi connectivity index (χ2n) is 8.22. The van der Waals surface area contributed by atoms with Crippen LogP contribution in [-0.4, -0.2) is 24.8 Å². The summed E-state index contributed by atoms with van der Waals surface area (Å²) in [6.45, 7) is 2.76. The molecule has 2 heterocycles. The van der Waals surface area contributed by atoms with Gasteiger partial charge in [-0.05, 0) is 61.0 Å². The largest absolute Gasteiger partial charge is 0.376 e. The maximum atomic E-state index is 14.0. The Morgan fingerprint density at radius 3 is 2.16 bits per heavy atom. The molecule has 2 saturated heterocycles. The summed E-state index contributed by atoms with van der Waals surface area (Å²) in [5.41, 5.74) is 3.96. The number of hydrogen-bond donors (Lipinski definition) is 0. The molecule has 6 heteroatoms. The van der Waals surface area contributed by atoms with Gasteiger partial charge in [0, 0.05) is 11.4 Å². The highest BCUT2D eigenvalue weighted by atomic mass is 16.5. The molecule has 0 radical (unpaired) electrons. The quantitative estimate of drug-likeness (QED) is 0.615. The Morgan fingerprint density at radius 1 is 0.906 bits per heavy atom. The molecule has 156 valence electrons. The molecule has 0 aliphatic carbocycles. The molecule has 2 amide bonds. The van der Waals surface area contributed by atoms with Crippen LogP contribution < -0.4 is 9.80 Å². The van der Waals surface area contributed by atoms with Crippen molar-refractivity contribution < 1.29 is 9.53 Å². The number of anilines is 2. The van der Waals surface area contributed by atoms with Crippen molar-refractivity contribution in [2.75, 3.05) is 23.0 Å². The van der Waals surface area contributed by atoms with Gasteiger partial charge in [0.1, 0.15) is 5.54 Å². The lowest BCUT2D eigenvalue weighted by Gasteiger charge is -2.47. The molecule has 0 saturated carbocycles. The van der Waals surface area contributed by atoms with E-state index in [2.05, 4.69) is 12.1 Å². The van der Waals surface area contributed by atoms with E-state index in [-0.39, 0.29) is 12.1 Å². The molecule has 0 bridgehead atoms. The van der Waals surface area contributed by atoms with Crippen LogP contribution in [0.1, 0.15) is 28.3 Å². The fraction of sp³-hybridized carbons (Fsp3) is 0.192. The van der Waals surface area contributed by atoms with E-state index in [1.54, 1.807) is 40.1 Å². The maximum Gasteiger partial charge on any atom is 0.330 e. The van der Waals surface area contributed by atoms with E-state index in [4.69, 9.17) is 4.74 Å². The average molecular weight is 420 g/mol. The van der Waals surface area contributed by atoms with Gasteiger partial charge in [0.2, 0.25) is 0 Å². The topological polar surface area (TPSA) is 80.4 Å². The van der Waals surface area contributed by atoms with Gasteiger partial charge in [0.15, 0.2) is 0 Å². The Labute approximate surface area is 186 Å². The SMILES string of the molecule is Cc1ccc(N2C(=O)N(c3ccc(C#N)cc3)C3(COC3)[C@@H]2c2cccc(C#N)c2)cc1. The predicted octanol–water partition coefficient (Wildman–Crippen LogP) is 4.70. The number of nitriles is 2. The lowest BCUT2D eigenvalue weighted by atomic mass is 9.82. The average Bonchev–Trinajstić information content (AvgIpc) is 3.09. The van der Waals surface area contributed by atoms with Crippen molar-refractivity contribution in [1.29, 1.82) is 10.5 Å². The molecule has 2 aliphatic rings. The number of carbonyl (C=O) groups excluding carboxylic acids is 1. The number of benzene rings is 3. The van der Waals surface area contributed by atoms with E-state index >= 15 is 0 Å². The number of carbonyl (C=O) groups is 1. The van der Waals surface area contributed by atoms with Gasteiger partial charge in [-0.2, -0.15) is 10.5 Å². The highest BCUT2D eigenvalue weighted by molar-refractivity contribution is 6.09. The summed E-state index contributed by atoms with van der Waals surface area (Å²) in [4.78, 5) is 17.6. The normalized spacial score (nSPS) is 18.8. The Balaban J connectivity index is 1.70. The fourth-order valence-electron chi connectivity index (χ4n) is 4.62. The van der Waals surface area contributed by atoms with Gasteiger partial charge in [0.05, 0.1) is 42.5 Å². The Kier molecular flexibility index (Phi) is 4.66.